The second-order valence-electron chi connectivity index (χ2n) is 3.79. The molecule has 0 saturated heterocycles. The predicted molar refractivity (Wildman–Crippen MR) is 63.5 cm³/mol. The van der Waals surface area contributed by atoms with E-state index in [1.807, 2.05) is 6.07 Å². The van der Waals surface area contributed by atoms with Gasteiger partial charge in [0.05, 0.1) is 0 Å². The van der Waals surface area contributed by atoms with Crippen LogP contribution in [0.25, 0.3) is 11.1 Å². The van der Waals surface area contributed by atoms with Gasteiger partial charge in [0, 0.05) is 0 Å². The summed E-state index contributed by atoms with van der Waals surface area (Å²) in [7, 11) is 0. The fraction of sp³-hybridized carbons (Fsp3) is 0.0714. The molecule has 0 aliphatic rings. The summed E-state index contributed by atoms with van der Waals surface area (Å²) in [5, 5.41) is 9.09. The summed E-state index contributed by atoms with van der Waals surface area (Å²) in [4.78, 5) is 11.1. The molecule has 0 heterocycles. The number of carboxylic acid groups (broad SMARTS) is 1. The number of aromatic carboxylic acids is 1. The van der Waals surface area contributed by atoms with Gasteiger partial charge in [-0.15, -0.1) is 0 Å². The first kappa shape index (κ1) is 11.3. The Hall–Kier alpha value is -2.16. The molecule has 0 spiro atoms. The van der Waals surface area contributed by atoms with E-state index in [9.17, 15) is 9.18 Å². The highest BCUT2D eigenvalue weighted by atomic mass is 19.1. The lowest BCUT2D eigenvalue weighted by atomic mass is 9.97. The van der Waals surface area contributed by atoms with Gasteiger partial charge in [-0.3, -0.25) is 0 Å². The fourth-order valence-electron chi connectivity index (χ4n) is 1.75. The zero-order valence-corrected chi connectivity index (χ0v) is 9.27. The zero-order chi connectivity index (χ0) is 12.4. The molecule has 0 bridgehead atoms. The first-order chi connectivity index (χ1) is 8.11. The Morgan fingerprint density at radius 3 is 2.35 bits per heavy atom. The molecular formula is C14H11FO2. The van der Waals surface area contributed by atoms with E-state index in [0.717, 1.165) is 0 Å². The van der Waals surface area contributed by atoms with Gasteiger partial charge in [0.15, 0.2) is 0 Å². The van der Waals surface area contributed by atoms with E-state index in [1.165, 1.54) is 0 Å². The molecule has 2 nitrogen and oxygen atoms in total. The molecule has 1 N–H and O–H groups in total. The second kappa shape index (κ2) is 4.37. The maximum absolute atomic E-state index is 13.8. The van der Waals surface area contributed by atoms with Crippen LogP contribution in [0.3, 0.4) is 0 Å². The standard InChI is InChI=1S/C14H11FO2/c1-9-7-8-11(10-5-3-2-4-6-10)12(13(9)15)14(16)17/h2-8H,1H3,(H,16,17). The third-order valence-electron chi connectivity index (χ3n) is 2.63. The van der Waals surface area contributed by atoms with Crippen molar-refractivity contribution in [2.45, 2.75) is 6.92 Å². The molecule has 0 unspecified atom stereocenters. The number of hydrogen-bond donors (Lipinski definition) is 1. The van der Waals surface area contributed by atoms with Crippen LogP contribution in [-0.2, 0) is 0 Å². The summed E-state index contributed by atoms with van der Waals surface area (Å²) in [5.41, 5.74) is 1.17. The number of halogens is 1. The lowest BCUT2D eigenvalue weighted by Gasteiger charge is -2.09. The molecule has 17 heavy (non-hydrogen) atoms. The van der Waals surface area contributed by atoms with Crippen molar-refractivity contribution in [3.05, 3.63) is 59.4 Å². The van der Waals surface area contributed by atoms with E-state index in [1.54, 1.807) is 43.3 Å². The number of benzene rings is 2. The maximum atomic E-state index is 13.8. The highest BCUT2D eigenvalue weighted by molar-refractivity contribution is 5.96. The molecule has 0 aliphatic heterocycles. The highest BCUT2D eigenvalue weighted by Gasteiger charge is 2.18. The molecule has 0 aliphatic carbocycles. The average molecular weight is 230 g/mol. The number of carboxylic acids is 1. The van der Waals surface area contributed by atoms with Gasteiger partial charge in [0.25, 0.3) is 0 Å². The van der Waals surface area contributed by atoms with E-state index < -0.39 is 11.8 Å². The molecule has 0 fully saturated rings. The summed E-state index contributed by atoms with van der Waals surface area (Å²) < 4.78 is 13.8. The molecule has 86 valence electrons. The van der Waals surface area contributed by atoms with Gasteiger partial charge < -0.3 is 5.11 Å². The van der Waals surface area contributed by atoms with E-state index in [0.29, 0.717) is 16.7 Å². The fourth-order valence-corrected chi connectivity index (χ4v) is 1.75. The Bertz CT molecular complexity index is 562. The smallest absolute Gasteiger partial charge is 0.339 e. The van der Waals surface area contributed by atoms with Crippen molar-refractivity contribution < 1.29 is 14.3 Å². The van der Waals surface area contributed by atoms with Crippen molar-refractivity contribution in [3.63, 3.8) is 0 Å². The van der Waals surface area contributed by atoms with Crippen molar-refractivity contribution in [1.82, 2.24) is 0 Å². The van der Waals surface area contributed by atoms with Gasteiger partial charge in [-0.25, -0.2) is 9.18 Å². The van der Waals surface area contributed by atoms with Gasteiger partial charge in [0.2, 0.25) is 0 Å². The monoisotopic (exact) mass is 230 g/mol. The van der Waals surface area contributed by atoms with Crippen molar-refractivity contribution >= 4 is 5.97 Å². The zero-order valence-electron chi connectivity index (χ0n) is 9.27. The first-order valence-electron chi connectivity index (χ1n) is 5.19. The summed E-state index contributed by atoms with van der Waals surface area (Å²) in [5.74, 6) is -1.91. The van der Waals surface area contributed by atoms with E-state index in [2.05, 4.69) is 0 Å². The average Bonchev–Trinajstić information content (AvgIpc) is 2.33. The topological polar surface area (TPSA) is 37.3 Å². The van der Waals surface area contributed by atoms with Crippen LogP contribution >= 0.6 is 0 Å². The van der Waals surface area contributed by atoms with E-state index >= 15 is 0 Å². The number of rotatable bonds is 2. The molecule has 3 heteroatoms. The molecular weight excluding hydrogens is 219 g/mol. The second-order valence-corrected chi connectivity index (χ2v) is 3.79. The molecule has 0 aromatic heterocycles. The van der Waals surface area contributed by atoms with Crippen LogP contribution in [0.2, 0.25) is 0 Å². The quantitative estimate of drug-likeness (QED) is 0.857. The van der Waals surface area contributed by atoms with Gasteiger partial charge in [0.1, 0.15) is 11.4 Å². The van der Waals surface area contributed by atoms with Gasteiger partial charge in [-0.2, -0.15) is 0 Å². The molecule has 2 rings (SSSR count). The number of hydrogen-bond acceptors (Lipinski definition) is 1. The Balaban J connectivity index is 2.71. The molecule has 0 amide bonds. The Kier molecular flexibility index (Phi) is 2.91. The Morgan fingerprint density at radius 2 is 1.76 bits per heavy atom. The van der Waals surface area contributed by atoms with Crippen LogP contribution in [0, 0.1) is 12.7 Å². The van der Waals surface area contributed by atoms with Gasteiger partial charge >= 0.3 is 5.97 Å². The van der Waals surface area contributed by atoms with Crippen molar-refractivity contribution in [1.29, 1.82) is 0 Å². The minimum absolute atomic E-state index is 0.267. The van der Waals surface area contributed by atoms with E-state index in [-0.39, 0.29) is 5.56 Å². The number of carbonyl (C=O) groups is 1. The van der Waals surface area contributed by atoms with Crippen LogP contribution in [0.15, 0.2) is 42.5 Å². The Labute approximate surface area is 98.3 Å². The minimum Gasteiger partial charge on any atom is -0.478 e. The van der Waals surface area contributed by atoms with Crippen LogP contribution in [0.5, 0.6) is 0 Å². The lowest BCUT2D eigenvalue weighted by Crippen LogP contribution is -2.05. The van der Waals surface area contributed by atoms with Crippen molar-refractivity contribution in [2.75, 3.05) is 0 Å². The van der Waals surface area contributed by atoms with Gasteiger partial charge in [-0.1, -0.05) is 42.5 Å². The summed E-state index contributed by atoms with van der Waals surface area (Å²) >= 11 is 0. The number of aryl methyl sites for hydroxylation is 1. The SMILES string of the molecule is Cc1ccc(-c2ccccc2)c(C(=O)O)c1F. The lowest BCUT2D eigenvalue weighted by molar-refractivity contribution is 0.0692. The van der Waals surface area contributed by atoms with Gasteiger partial charge in [-0.05, 0) is 23.6 Å². The third-order valence-corrected chi connectivity index (χ3v) is 2.63. The summed E-state index contributed by atoms with van der Waals surface area (Å²) in [6.07, 6.45) is 0. The van der Waals surface area contributed by atoms with Crippen molar-refractivity contribution in [2.24, 2.45) is 0 Å². The van der Waals surface area contributed by atoms with Crippen molar-refractivity contribution in [3.8, 4) is 11.1 Å². The van der Waals surface area contributed by atoms with Crippen LogP contribution in [-0.4, -0.2) is 11.1 Å². The normalized spacial score (nSPS) is 10.2. The summed E-state index contributed by atoms with van der Waals surface area (Å²) in [6.45, 7) is 1.55. The molecule has 0 atom stereocenters. The third kappa shape index (κ3) is 2.04. The van der Waals surface area contributed by atoms with Crippen LogP contribution < -0.4 is 0 Å². The molecule has 0 radical (unpaired) electrons. The Morgan fingerprint density at radius 1 is 1.12 bits per heavy atom. The molecule has 0 saturated carbocycles. The first-order valence-corrected chi connectivity index (χ1v) is 5.19. The van der Waals surface area contributed by atoms with Crippen LogP contribution in [0.4, 0.5) is 4.39 Å². The maximum Gasteiger partial charge on any atom is 0.339 e. The molecule has 2 aromatic carbocycles. The highest BCUT2D eigenvalue weighted by Crippen LogP contribution is 2.27. The predicted octanol–water partition coefficient (Wildman–Crippen LogP) is 3.50. The van der Waals surface area contributed by atoms with Crippen LogP contribution in [0.1, 0.15) is 15.9 Å². The minimum atomic E-state index is -1.25. The largest absolute Gasteiger partial charge is 0.478 e. The summed E-state index contributed by atoms with van der Waals surface area (Å²) in [6, 6.07) is 12.2. The molecule has 2 aromatic rings. The van der Waals surface area contributed by atoms with E-state index in [4.69, 9.17) is 5.11 Å².